The fraction of sp³-hybridized carbons (Fsp3) is 0.589. The number of unbranched alkanes of at least 4 members (excludes halogenated alkanes) is 4. The van der Waals surface area contributed by atoms with Gasteiger partial charge in [-0.25, -0.2) is 0 Å². The molecule has 344 valence electrons. The van der Waals surface area contributed by atoms with Crippen LogP contribution >= 0.6 is 11.6 Å². The molecule has 63 heavy (non-hydrogen) atoms. The molecule has 1 atom stereocenters. The molecule has 0 aromatic heterocycles. The molecule has 2 N–H and O–H groups in total. The second kappa shape index (κ2) is 22.8. The van der Waals surface area contributed by atoms with Gasteiger partial charge in [0.2, 0.25) is 5.69 Å². The number of fused-ring (bicyclic) bond motifs is 2. The van der Waals surface area contributed by atoms with E-state index in [2.05, 4.69) is 132 Å². The number of carboxylic acids is 2. The van der Waals surface area contributed by atoms with Gasteiger partial charge in [-0.3, -0.25) is 9.59 Å². The van der Waals surface area contributed by atoms with Gasteiger partial charge in [0.05, 0.1) is 11.8 Å². The van der Waals surface area contributed by atoms with E-state index in [0.29, 0.717) is 30.8 Å². The van der Waals surface area contributed by atoms with E-state index in [9.17, 15) is 19.8 Å². The van der Waals surface area contributed by atoms with Crippen LogP contribution in [0.3, 0.4) is 0 Å². The molecule has 0 spiro atoms. The molecule has 5 rings (SSSR count). The van der Waals surface area contributed by atoms with Crippen LogP contribution < -0.4 is 4.90 Å². The Morgan fingerprint density at radius 3 is 1.84 bits per heavy atom. The smallest absolute Gasteiger partial charge is 0.309 e. The fourth-order valence-corrected chi connectivity index (χ4v) is 11.0. The number of aliphatic carboxylic acids is 2. The quantitative estimate of drug-likeness (QED) is 0.103. The summed E-state index contributed by atoms with van der Waals surface area (Å²) in [5.41, 5.74) is 11.9. The standard InChI is InChI=1S/C56H79ClN2O4/c1-10-15-29-55(30-16-11-2)46-37-42(39(6)7)19-23-48(46)58(33-27-52(60)61)50(55)25-21-44-35-41(14-5)36-45(54(44)57)22-26-51-56(31-17-12-3,32-18-13-4)47-38-43(40(8)9)20-24-49(47)59(51)34-28-53(62)63/h19-26,37-41H,10-18,27-36H2,1-9H3,(H-,60,61,62,63)/p+1. The Morgan fingerprint density at radius 1 is 0.746 bits per heavy atom. The number of carboxylic acid groups (broad SMARTS) is 2. The molecular formula is C56H80ClN2O4+. The second-order valence-electron chi connectivity index (χ2n) is 19.5. The van der Waals surface area contributed by atoms with Crippen LogP contribution in [-0.4, -0.2) is 45.5 Å². The van der Waals surface area contributed by atoms with E-state index in [-0.39, 0.29) is 23.7 Å². The fourth-order valence-electron chi connectivity index (χ4n) is 10.7. The third kappa shape index (κ3) is 11.1. The minimum absolute atomic E-state index is 0.0629. The highest BCUT2D eigenvalue weighted by atomic mass is 35.5. The number of carbonyl (C=O) groups is 2. The zero-order chi connectivity index (χ0) is 45.9. The number of nitrogens with zero attached hydrogens (tertiary/aromatic N) is 2. The summed E-state index contributed by atoms with van der Waals surface area (Å²) in [4.78, 5) is 26.6. The van der Waals surface area contributed by atoms with Crippen LogP contribution in [0.1, 0.15) is 206 Å². The molecule has 2 aromatic carbocycles. The number of halogens is 1. The van der Waals surface area contributed by atoms with Gasteiger partial charge >= 0.3 is 11.9 Å². The van der Waals surface area contributed by atoms with Crippen molar-refractivity contribution in [3.05, 3.63) is 105 Å². The molecule has 7 heteroatoms. The van der Waals surface area contributed by atoms with Gasteiger partial charge in [-0.2, -0.15) is 4.58 Å². The summed E-state index contributed by atoms with van der Waals surface area (Å²) in [7, 11) is 0. The monoisotopic (exact) mass is 880 g/mol. The number of hydrogen-bond acceptors (Lipinski definition) is 3. The predicted octanol–water partition coefficient (Wildman–Crippen LogP) is 15.4. The molecule has 0 amide bonds. The molecule has 2 aliphatic heterocycles. The highest BCUT2D eigenvalue weighted by Gasteiger charge is 2.51. The summed E-state index contributed by atoms with van der Waals surface area (Å²) >= 11 is 7.63. The van der Waals surface area contributed by atoms with E-state index < -0.39 is 11.9 Å². The van der Waals surface area contributed by atoms with Crippen LogP contribution in [0.2, 0.25) is 0 Å². The molecule has 0 fully saturated rings. The predicted molar refractivity (Wildman–Crippen MR) is 265 cm³/mol. The van der Waals surface area contributed by atoms with Crippen molar-refractivity contribution in [3.8, 4) is 0 Å². The summed E-state index contributed by atoms with van der Waals surface area (Å²) in [5, 5.41) is 20.8. The Bertz CT molecular complexity index is 2070. The first-order valence-electron chi connectivity index (χ1n) is 24.8. The lowest BCUT2D eigenvalue weighted by Crippen LogP contribution is -2.35. The molecule has 1 aliphatic carbocycles. The number of anilines is 1. The third-order valence-corrected chi connectivity index (χ3v) is 15.0. The van der Waals surface area contributed by atoms with Crippen LogP contribution in [0.4, 0.5) is 11.4 Å². The highest BCUT2D eigenvalue weighted by molar-refractivity contribution is 6.32. The van der Waals surface area contributed by atoms with E-state index in [4.69, 9.17) is 11.6 Å². The first-order chi connectivity index (χ1) is 30.2. The first kappa shape index (κ1) is 50.1. The number of benzene rings is 2. The number of hydrogen-bond donors (Lipinski definition) is 2. The van der Waals surface area contributed by atoms with Crippen LogP contribution in [0, 0.1) is 5.92 Å². The van der Waals surface area contributed by atoms with Crippen molar-refractivity contribution in [2.24, 2.45) is 5.92 Å². The molecule has 6 nitrogen and oxygen atoms in total. The Balaban J connectivity index is 1.71. The maximum absolute atomic E-state index is 12.2. The molecule has 2 heterocycles. The molecule has 1 unspecified atom stereocenters. The molecule has 0 radical (unpaired) electrons. The Hall–Kier alpha value is -3.90. The van der Waals surface area contributed by atoms with E-state index in [1.165, 1.54) is 33.7 Å². The van der Waals surface area contributed by atoms with E-state index in [0.717, 1.165) is 124 Å². The molecule has 0 saturated heterocycles. The summed E-state index contributed by atoms with van der Waals surface area (Å²) in [5.74, 6) is -0.373. The number of allylic oxidation sites excluding steroid dienone is 8. The van der Waals surface area contributed by atoms with Gasteiger partial charge in [-0.05, 0) is 102 Å². The molecular weight excluding hydrogens is 800 g/mol. The Kier molecular flexibility index (Phi) is 18.2. The Morgan fingerprint density at radius 2 is 1.30 bits per heavy atom. The van der Waals surface area contributed by atoms with Gasteiger partial charge in [-0.15, -0.1) is 0 Å². The van der Waals surface area contributed by atoms with Crippen LogP contribution in [0.15, 0.2) is 82.6 Å². The summed E-state index contributed by atoms with van der Waals surface area (Å²) in [6, 6.07) is 13.8. The minimum Gasteiger partial charge on any atom is -0.481 e. The van der Waals surface area contributed by atoms with Crippen molar-refractivity contribution >= 4 is 40.6 Å². The van der Waals surface area contributed by atoms with Crippen molar-refractivity contribution in [2.45, 2.75) is 194 Å². The van der Waals surface area contributed by atoms with Crippen molar-refractivity contribution in [1.29, 1.82) is 0 Å². The van der Waals surface area contributed by atoms with Gasteiger partial charge < -0.3 is 15.1 Å². The molecule has 2 aromatic rings. The lowest BCUT2D eigenvalue weighted by molar-refractivity contribution is -0.436. The molecule has 3 aliphatic rings. The van der Waals surface area contributed by atoms with Crippen LogP contribution in [0.5, 0.6) is 0 Å². The van der Waals surface area contributed by atoms with Crippen LogP contribution in [0.25, 0.3) is 0 Å². The van der Waals surface area contributed by atoms with Gasteiger partial charge in [0.25, 0.3) is 0 Å². The molecule has 0 saturated carbocycles. The Labute approximate surface area is 386 Å². The second-order valence-corrected chi connectivity index (χ2v) is 19.9. The largest absolute Gasteiger partial charge is 0.481 e. The maximum atomic E-state index is 12.2. The van der Waals surface area contributed by atoms with Gasteiger partial charge in [0, 0.05) is 46.1 Å². The van der Waals surface area contributed by atoms with Crippen LogP contribution in [-0.2, 0) is 20.4 Å². The van der Waals surface area contributed by atoms with Crippen molar-refractivity contribution in [2.75, 3.05) is 18.0 Å². The van der Waals surface area contributed by atoms with Crippen molar-refractivity contribution in [1.82, 2.24) is 0 Å². The molecule has 0 bridgehead atoms. The minimum atomic E-state index is -0.785. The van der Waals surface area contributed by atoms with E-state index in [1.54, 1.807) is 0 Å². The summed E-state index contributed by atoms with van der Waals surface area (Å²) < 4.78 is 2.32. The first-order valence-corrected chi connectivity index (χ1v) is 25.2. The summed E-state index contributed by atoms with van der Waals surface area (Å²) in [6.45, 7) is 21.2. The number of rotatable bonds is 24. The van der Waals surface area contributed by atoms with Crippen molar-refractivity contribution < 1.29 is 24.4 Å². The average Bonchev–Trinajstić information content (AvgIpc) is 3.67. The lowest BCUT2D eigenvalue weighted by atomic mass is 9.69. The zero-order valence-corrected chi connectivity index (χ0v) is 41.2. The van der Waals surface area contributed by atoms with E-state index >= 15 is 0 Å². The maximum Gasteiger partial charge on any atom is 0.309 e. The topological polar surface area (TPSA) is 80.9 Å². The SMILES string of the molecule is CCCCC1(CCCC)C(/C=C/C2=C(Cl)C(=C/C=C3\N(CCC(=O)O)c4ccc(C(C)C)cc4C3(CCCC)CCCC)/CC(CC)C2)=[N+](CCC(=O)O)c2ccc(C(C)C)cc21. The van der Waals surface area contributed by atoms with E-state index in [1.807, 2.05) is 0 Å². The normalized spacial score (nSPS) is 19.4. The zero-order valence-electron chi connectivity index (χ0n) is 40.4. The third-order valence-electron chi connectivity index (χ3n) is 14.5. The van der Waals surface area contributed by atoms with Gasteiger partial charge in [-0.1, -0.05) is 162 Å². The average molecular weight is 881 g/mol. The lowest BCUT2D eigenvalue weighted by Gasteiger charge is -2.34. The highest BCUT2D eigenvalue weighted by Crippen LogP contribution is 2.55. The van der Waals surface area contributed by atoms with Crippen molar-refractivity contribution in [3.63, 3.8) is 0 Å². The summed E-state index contributed by atoms with van der Waals surface area (Å²) in [6.07, 6.45) is 24.9. The van der Waals surface area contributed by atoms with Gasteiger partial charge in [0.1, 0.15) is 6.42 Å². The van der Waals surface area contributed by atoms with Gasteiger partial charge in [0.15, 0.2) is 12.3 Å².